The van der Waals surface area contributed by atoms with Crippen molar-refractivity contribution in [3.63, 3.8) is 0 Å². The minimum absolute atomic E-state index is 0.108. The van der Waals surface area contributed by atoms with Crippen LogP contribution in [0.4, 0.5) is 10.3 Å². The van der Waals surface area contributed by atoms with E-state index in [4.69, 9.17) is 14.2 Å². The Hall–Kier alpha value is -4.28. The van der Waals surface area contributed by atoms with Crippen molar-refractivity contribution in [2.24, 2.45) is 0 Å². The number of aliphatic hydroxyl groups excluding tert-OH is 1. The third kappa shape index (κ3) is 6.57. The molecule has 16 heteroatoms. The van der Waals surface area contributed by atoms with Crippen LogP contribution in [0.25, 0.3) is 17.2 Å². The van der Waals surface area contributed by atoms with E-state index in [9.17, 15) is 26.3 Å². The van der Waals surface area contributed by atoms with Crippen LogP contribution in [0.5, 0.6) is 17.4 Å². The summed E-state index contributed by atoms with van der Waals surface area (Å²) in [6, 6.07) is 12.7. The summed E-state index contributed by atoms with van der Waals surface area (Å²) in [7, 11) is -4.25. The molecule has 242 valence electrons. The van der Waals surface area contributed by atoms with Crippen molar-refractivity contribution < 1.29 is 40.5 Å². The normalized spacial score (nSPS) is 13.2. The zero-order chi connectivity index (χ0) is 33.1. The van der Waals surface area contributed by atoms with Crippen LogP contribution in [0.3, 0.4) is 0 Å². The lowest BCUT2D eigenvalue weighted by molar-refractivity contribution is 0.172. The quantitative estimate of drug-likeness (QED) is 0.223. The molecule has 0 aliphatic carbocycles. The highest BCUT2D eigenvalue weighted by atomic mass is 32.2. The first-order valence-electron chi connectivity index (χ1n) is 13.7. The van der Waals surface area contributed by atoms with Gasteiger partial charge in [0.1, 0.15) is 33.9 Å². The molecule has 45 heavy (non-hydrogen) atoms. The number of pyridine rings is 1. The van der Waals surface area contributed by atoms with Gasteiger partial charge in [0.05, 0.1) is 32.3 Å². The zero-order valence-corrected chi connectivity index (χ0v) is 27.1. The topological polar surface area (TPSA) is 163 Å². The van der Waals surface area contributed by atoms with Gasteiger partial charge in [-0.1, -0.05) is 25.1 Å². The molecule has 0 saturated heterocycles. The van der Waals surface area contributed by atoms with Crippen LogP contribution in [-0.2, 0) is 19.9 Å². The van der Waals surface area contributed by atoms with Gasteiger partial charge in [-0.25, -0.2) is 30.5 Å². The Kier molecular flexibility index (Phi) is 9.99. The molecule has 2 aromatic carbocycles. The summed E-state index contributed by atoms with van der Waals surface area (Å²) < 4.78 is 86.6. The summed E-state index contributed by atoms with van der Waals surface area (Å²) in [6.07, 6.45) is -0.704. The lowest BCUT2D eigenvalue weighted by Gasteiger charge is -2.30. The Morgan fingerprint density at radius 3 is 2.18 bits per heavy atom. The van der Waals surface area contributed by atoms with Crippen molar-refractivity contribution in [2.75, 3.05) is 38.4 Å². The van der Waals surface area contributed by atoms with Crippen LogP contribution in [-0.4, -0.2) is 81.1 Å². The van der Waals surface area contributed by atoms with Crippen LogP contribution in [0, 0.1) is 5.82 Å². The van der Waals surface area contributed by atoms with E-state index in [1.165, 1.54) is 32.8 Å². The van der Waals surface area contributed by atoms with Crippen LogP contribution in [0.1, 0.15) is 31.9 Å². The summed E-state index contributed by atoms with van der Waals surface area (Å²) in [5.74, 6) is -0.0515. The third-order valence-corrected chi connectivity index (χ3v) is 10.3. The number of ether oxygens (including phenoxy) is 3. The van der Waals surface area contributed by atoms with Crippen LogP contribution in [0.2, 0.25) is 0 Å². The van der Waals surface area contributed by atoms with E-state index < -0.39 is 41.9 Å². The highest BCUT2D eigenvalue weighted by Gasteiger charge is 2.39. The third-order valence-electron chi connectivity index (χ3n) is 7.00. The first kappa shape index (κ1) is 33.6. The van der Waals surface area contributed by atoms with Crippen LogP contribution < -0.4 is 18.5 Å². The largest absolute Gasteiger partial charge is 0.494 e. The molecule has 0 amide bonds. The molecule has 13 nitrogen and oxygen atoms in total. The standard InChI is InChI=1S/C29H34FN5O8S2/c1-7-16-34(45(39,40)18(2)27(36)20-15-14-19(30)17-24(20)44(6,37)38)29-33-32-28(21-10-8-13-25(31-21)43-5)35(29)26-22(41-3)11-9-12-23(26)42-4/h8-15,17-18,27,36H,7,16H2,1-6H3/t18-,27+/m1/s1. The Bertz CT molecular complexity index is 1880. The molecule has 1 N–H and O–H groups in total. The number of hydrogen-bond donors (Lipinski definition) is 1. The molecular weight excluding hydrogens is 629 g/mol. The number of nitrogens with zero attached hydrogens (tertiary/aromatic N) is 5. The van der Waals surface area contributed by atoms with Gasteiger partial charge in [-0.15, -0.1) is 10.2 Å². The number of methoxy groups -OCH3 is 3. The summed E-state index contributed by atoms with van der Waals surface area (Å²) in [5, 5.41) is 18.3. The predicted molar refractivity (Wildman–Crippen MR) is 165 cm³/mol. The zero-order valence-electron chi connectivity index (χ0n) is 25.5. The first-order chi connectivity index (χ1) is 21.3. The van der Waals surface area contributed by atoms with Gasteiger partial charge in [0.25, 0.3) is 0 Å². The van der Waals surface area contributed by atoms with E-state index in [-0.39, 0.29) is 41.1 Å². The van der Waals surface area contributed by atoms with Crippen molar-refractivity contribution in [3.8, 4) is 34.6 Å². The maximum atomic E-state index is 14.4. The van der Waals surface area contributed by atoms with Gasteiger partial charge in [0, 0.05) is 24.4 Å². The Labute approximate surface area is 261 Å². The molecule has 2 atom stereocenters. The fraction of sp³-hybridized carbons (Fsp3) is 0.345. The highest BCUT2D eigenvalue weighted by Crippen LogP contribution is 2.40. The van der Waals surface area contributed by atoms with E-state index in [2.05, 4.69) is 15.2 Å². The van der Waals surface area contributed by atoms with Crippen molar-refractivity contribution in [1.82, 2.24) is 19.7 Å². The monoisotopic (exact) mass is 663 g/mol. The fourth-order valence-electron chi connectivity index (χ4n) is 4.75. The second-order valence-electron chi connectivity index (χ2n) is 9.96. The average Bonchev–Trinajstić information content (AvgIpc) is 3.45. The van der Waals surface area contributed by atoms with Gasteiger partial charge in [0.2, 0.25) is 21.9 Å². The molecule has 2 aromatic heterocycles. The summed E-state index contributed by atoms with van der Waals surface area (Å²) in [4.78, 5) is 3.94. The second-order valence-corrected chi connectivity index (χ2v) is 14.2. The molecule has 4 aromatic rings. The maximum Gasteiger partial charge on any atom is 0.246 e. The Morgan fingerprint density at radius 1 is 0.956 bits per heavy atom. The highest BCUT2D eigenvalue weighted by molar-refractivity contribution is 7.93. The number of hydrogen-bond acceptors (Lipinski definition) is 11. The summed E-state index contributed by atoms with van der Waals surface area (Å²) in [6.45, 7) is 2.87. The number of para-hydroxylation sites is 1. The SMILES string of the molecule is CCCN(c1nnc(-c2cccc(OC)n2)n1-c1c(OC)cccc1OC)S(=O)(=O)[C@H](C)[C@H](O)c1ccc(F)cc1S(C)(=O)=O. The molecule has 0 bridgehead atoms. The van der Waals surface area contributed by atoms with Crippen LogP contribution >= 0.6 is 0 Å². The number of rotatable bonds is 13. The van der Waals surface area contributed by atoms with E-state index >= 15 is 0 Å². The molecule has 0 spiro atoms. The lowest BCUT2D eigenvalue weighted by Crippen LogP contribution is -2.42. The average molecular weight is 664 g/mol. The van der Waals surface area contributed by atoms with Crippen molar-refractivity contribution in [1.29, 1.82) is 0 Å². The van der Waals surface area contributed by atoms with E-state index in [0.29, 0.717) is 17.9 Å². The molecule has 4 rings (SSSR count). The number of sulfone groups is 1. The molecule has 0 saturated carbocycles. The number of aliphatic hydroxyl groups is 1. The van der Waals surface area contributed by atoms with E-state index in [1.807, 2.05) is 0 Å². The fourth-order valence-corrected chi connectivity index (χ4v) is 7.35. The number of anilines is 1. The maximum absolute atomic E-state index is 14.4. The van der Waals surface area contributed by atoms with Gasteiger partial charge in [-0.3, -0.25) is 4.57 Å². The molecule has 0 fully saturated rings. The van der Waals surface area contributed by atoms with Gasteiger partial charge in [0.15, 0.2) is 15.7 Å². The number of aromatic nitrogens is 4. The Morgan fingerprint density at radius 2 is 1.60 bits per heavy atom. The molecule has 0 aliphatic rings. The second kappa shape index (κ2) is 13.4. The summed E-state index contributed by atoms with van der Waals surface area (Å²) >= 11 is 0. The van der Waals surface area contributed by atoms with Gasteiger partial charge < -0.3 is 19.3 Å². The number of sulfonamides is 1. The van der Waals surface area contributed by atoms with Crippen molar-refractivity contribution >= 4 is 25.8 Å². The minimum atomic E-state index is -4.54. The minimum Gasteiger partial charge on any atom is -0.494 e. The lowest BCUT2D eigenvalue weighted by atomic mass is 10.1. The summed E-state index contributed by atoms with van der Waals surface area (Å²) in [5.41, 5.74) is 0.289. The van der Waals surface area contributed by atoms with Crippen LogP contribution in [0.15, 0.2) is 59.5 Å². The smallest absolute Gasteiger partial charge is 0.246 e. The first-order valence-corrected chi connectivity index (χ1v) is 17.1. The molecule has 0 unspecified atom stereocenters. The van der Waals surface area contributed by atoms with Gasteiger partial charge >= 0.3 is 0 Å². The molecular formula is C29H34FN5O8S2. The van der Waals surface area contributed by atoms with E-state index in [1.54, 1.807) is 43.3 Å². The predicted octanol–water partition coefficient (Wildman–Crippen LogP) is 3.57. The molecule has 0 radical (unpaired) electrons. The Balaban J connectivity index is 1.97. The number of benzene rings is 2. The molecule has 0 aliphatic heterocycles. The van der Waals surface area contributed by atoms with Crippen molar-refractivity contribution in [3.05, 3.63) is 66.0 Å². The molecule has 2 heterocycles. The van der Waals surface area contributed by atoms with Crippen molar-refractivity contribution in [2.45, 2.75) is 36.5 Å². The van der Waals surface area contributed by atoms with Gasteiger partial charge in [-0.2, -0.15) is 0 Å². The number of halogens is 1. The van der Waals surface area contributed by atoms with E-state index in [0.717, 1.165) is 28.8 Å². The van der Waals surface area contributed by atoms with Gasteiger partial charge in [-0.05, 0) is 43.7 Å².